The van der Waals surface area contributed by atoms with Crippen LogP contribution in [0.1, 0.15) is 12.8 Å². The predicted molar refractivity (Wildman–Crippen MR) is 64.1 cm³/mol. The Kier molecular flexibility index (Phi) is 4.31. The normalized spacial score (nSPS) is 19.6. The SMILES string of the molecule is O=C(O)C1CCCN1CCOc1ccc(F)c(F)c1. The summed E-state index contributed by atoms with van der Waals surface area (Å²) in [5.41, 5.74) is 0. The van der Waals surface area contributed by atoms with Gasteiger partial charge in [0.1, 0.15) is 18.4 Å². The monoisotopic (exact) mass is 271 g/mol. The van der Waals surface area contributed by atoms with Crippen LogP contribution in [0, 0.1) is 11.6 Å². The molecule has 0 aliphatic carbocycles. The Morgan fingerprint density at radius 3 is 2.89 bits per heavy atom. The molecule has 1 unspecified atom stereocenters. The number of nitrogens with zero attached hydrogens (tertiary/aromatic N) is 1. The summed E-state index contributed by atoms with van der Waals surface area (Å²) >= 11 is 0. The second kappa shape index (κ2) is 5.97. The average Bonchev–Trinajstić information content (AvgIpc) is 2.82. The fourth-order valence-corrected chi connectivity index (χ4v) is 2.22. The van der Waals surface area contributed by atoms with Crippen LogP contribution in [0.2, 0.25) is 0 Å². The molecule has 0 spiro atoms. The number of likely N-dealkylation sites (tertiary alicyclic amines) is 1. The first-order valence-electron chi connectivity index (χ1n) is 6.12. The smallest absolute Gasteiger partial charge is 0.320 e. The van der Waals surface area contributed by atoms with Gasteiger partial charge in [-0.25, -0.2) is 8.78 Å². The van der Waals surface area contributed by atoms with Gasteiger partial charge >= 0.3 is 5.97 Å². The minimum atomic E-state index is -0.956. The van der Waals surface area contributed by atoms with Crippen molar-refractivity contribution in [2.45, 2.75) is 18.9 Å². The maximum Gasteiger partial charge on any atom is 0.320 e. The largest absolute Gasteiger partial charge is 0.492 e. The third kappa shape index (κ3) is 3.41. The molecule has 19 heavy (non-hydrogen) atoms. The third-order valence-electron chi connectivity index (χ3n) is 3.19. The number of carboxylic acid groups (broad SMARTS) is 1. The van der Waals surface area contributed by atoms with Crippen LogP contribution in [0.4, 0.5) is 8.78 Å². The van der Waals surface area contributed by atoms with E-state index in [1.165, 1.54) is 6.07 Å². The van der Waals surface area contributed by atoms with Gasteiger partial charge in [0, 0.05) is 12.6 Å². The average molecular weight is 271 g/mol. The lowest BCUT2D eigenvalue weighted by Crippen LogP contribution is -2.38. The van der Waals surface area contributed by atoms with E-state index in [0.29, 0.717) is 13.0 Å². The molecule has 1 fully saturated rings. The number of ether oxygens (including phenoxy) is 1. The molecule has 1 aliphatic heterocycles. The molecular weight excluding hydrogens is 256 g/mol. The molecule has 0 saturated carbocycles. The number of carboxylic acids is 1. The van der Waals surface area contributed by atoms with Gasteiger partial charge < -0.3 is 9.84 Å². The molecule has 4 nitrogen and oxygen atoms in total. The molecule has 104 valence electrons. The van der Waals surface area contributed by atoms with Gasteiger partial charge in [-0.3, -0.25) is 9.69 Å². The summed E-state index contributed by atoms with van der Waals surface area (Å²) < 4.78 is 30.9. The van der Waals surface area contributed by atoms with Gasteiger partial charge in [-0.15, -0.1) is 0 Å². The minimum absolute atomic E-state index is 0.241. The van der Waals surface area contributed by atoms with Gasteiger partial charge in [-0.2, -0.15) is 0 Å². The highest BCUT2D eigenvalue weighted by atomic mass is 19.2. The second-order valence-corrected chi connectivity index (χ2v) is 4.46. The Morgan fingerprint density at radius 2 is 2.21 bits per heavy atom. The molecule has 1 aliphatic rings. The quantitative estimate of drug-likeness (QED) is 0.888. The summed E-state index contributed by atoms with van der Waals surface area (Å²) in [5, 5.41) is 8.99. The van der Waals surface area contributed by atoms with Crippen LogP contribution in [0.15, 0.2) is 18.2 Å². The van der Waals surface area contributed by atoms with E-state index in [1.807, 2.05) is 4.90 Å². The van der Waals surface area contributed by atoms with Gasteiger partial charge in [0.15, 0.2) is 11.6 Å². The molecule has 1 heterocycles. The predicted octanol–water partition coefficient (Wildman–Crippen LogP) is 1.89. The molecule has 1 N–H and O–H groups in total. The van der Waals surface area contributed by atoms with Crippen LogP contribution < -0.4 is 4.74 Å². The zero-order valence-corrected chi connectivity index (χ0v) is 10.3. The van der Waals surface area contributed by atoms with Crippen LogP contribution in [0.25, 0.3) is 0 Å². The van der Waals surface area contributed by atoms with Crippen molar-refractivity contribution in [3.8, 4) is 5.75 Å². The van der Waals surface area contributed by atoms with Crippen LogP contribution >= 0.6 is 0 Å². The summed E-state index contributed by atoms with van der Waals surface area (Å²) in [6.45, 7) is 1.42. The molecule has 0 bridgehead atoms. The molecule has 1 saturated heterocycles. The van der Waals surface area contributed by atoms with E-state index in [-0.39, 0.29) is 12.4 Å². The summed E-state index contributed by atoms with van der Waals surface area (Å²) in [6.07, 6.45) is 1.49. The lowest BCUT2D eigenvalue weighted by atomic mass is 10.2. The van der Waals surface area contributed by atoms with Crippen molar-refractivity contribution >= 4 is 5.97 Å². The van der Waals surface area contributed by atoms with Gasteiger partial charge in [-0.1, -0.05) is 0 Å². The summed E-state index contributed by atoms with van der Waals surface area (Å²) in [7, 11) is 0. The highest BCUT2D eigenvalue weighted by Crippen LogP contribution is 2.18. The van der Waals surface area contributed by atoms with Crippen LogP contribution in [-0.4, -0.2) is 41.7 Å². The number of carbonyl (C=O) groups is 1. The molecule has 1 aromatic rings. The van der Waals surface area contributed by atoms with Crippen LogP contribution in [0.3, 0.4) is 0 Å². The molecule has 1 aromatic carbocycles. The third-order valence-corrected chi connectivity index (χ3v) is 3.19. The fraction of sp³-hybridized carbons (Fsp3) is 0.462. The molecule has 0 aromatic heterocycles. The first-order chi connectivity index (χ1) is 9.08. The lowest BCUT2D eigenvalue weighted by molar-refractivity contribution is -0.142. The molecule has 2 rings (SSSR count). The summed E-state index contributed by atoms with van der Waals surface area (Å²) in [6, 6.07) is 2.86. The Morgan fingerprint density at radius 1 is 1.42 bits per heavy atom. The van der Waals surface area contributed by atoms with Crippen molar-refractivity contribution in [2.24, 2.45) is 0 Å². The van der Waals surface area contributed by atoms with Crippen molar-refractivity contribution in [1.29, 1.82) is 0 Å². The van der Waals surface area contributed by atoms with Gasteiger partial charge in [0.05, 0.1) is 0 Å². The van der Waals surface area contributed by atoms with E-state index >= 15 is 0 Å². The highest BCUT2D eigenvalue weighted by Gasteiger charge is 2.29. The first-order valence-corrected chi connectivity index (χ1v) is 6.12. The van der Waals surface area contributed by atoms with E-state index in [0.717, 1.165) is 25.1 Å². The van der Waals surface area contributed by atoms with E-state index in [9.17, 15) is 13.6 Å². The van der Waals surface area contributed by atoms with E-state index in [4.69, 9.17) is 9.84 Å². The van der Waals surface area contributed by atoms with E-state index < -0.39 is 23.6 Å². The molecular formula is C13H15F2NO3. The van der Waals surface area contributed by atoms with Crippen molar-refractivity contribution < 1.29 is 23.4 Å². The Balaban J connectivity index is 1.83. The van der Waals surface area contributed by atoms with Crippen molar-refractivity contribution in [3.63, 3.8) is 0 Å². The maximum atomic E-state index is 12.9. The fourth-order valence-electron chi connectivity index (χ4n) is 2.22. The number of hydrogen-bond acceptors (Lipinski definition) is 3. The number of hydrogen-bond donors (Lipinski definition) is 1. The zero-order valence-electron chi connectivity index (χ0n) is 10.3. The first kappa shape index (κ1) is 13.7. The second-order valence-electron chi connectivity index (χ2n) is 4.46. The van der Waals surface area contributed by atoms with E-state index in [1.54, 1.807) is 0 Å². The lowest BCUT2D eigenvalue weighted by Gasteiger charge is -2.20. The van der Waals surface area contributed by atoms with Crippen molar-refractivity contribution in [3.05, 3.63) is 29.8 Å². The molecule has 0 radical (unpaired) electrons. The van der Waals surface area contributed by atoms with Crippen molar-refractivity contribution in [2.75, 3.05) is 19.7 Å². The van der Waals surface area contributed by atoms with Crippen LogP contribution in [-0.2, 0) is 4.79 Å². The zero-order chi connectivity index (χ0) is 13.8. The summed E-state index contributed by atoms with van der Waals surface area (Å²) in [4.78, 5) is 12.8. The maximum absolute atomic E-state index is 12.9. The highest BCUT2D eigenvalue weighted by molar-refractivity contribution is 5.73. The standard InChI is InChI=1S/C13H15F2NO3/c14-10-4-3-9(8-11(10)15)19-7-6-16-5-1-2-12(16)13(17)18/h3-4,8,12H,1-2,5-7H2,(H,17,18). The molecule has 0 amide bonds. The van der Waals surface area contributed by atoms with Gasteiger partial charge in [0.25, 0.3) is 0 Å². The topological polar surface area (TPSA) is 49.8 Å². The number of aliphatic carboxylic acids is 1. The molecule has 6 heteroatoms. The van der Waals surface area contributed by atoms with Crippen molar-refractivity contribution in [1.82, 2.24) is 4.90 Å². The molecule has 1 atom stereocenters. The Labute approximate surface area is 109 Å². The number of halogens is 2. The van der Waals surface area contributed by atoms with Gasteiger partial charge in [0.2, 0.25) is 0 Å². The van der Waals surface area contributed by atoms with Crippen LogP contribution in [0.5, 0.6) is 5.75 Å². The van der Waals surface area contributed by atoms with Gasteiger partial charge in [-0.05, 0) is 31.5 Å². The number of rotatable bonds is 5. The van der Waals surface area contributed by atoms with E-state index in [2.05, 4.69) is 0 Å². The minimum Gasteiger partial charge on any atom is -0.492 e. The Bertz CT molecular complexity index is 467. The summed E-state index contributed by atoms with van der Waals surface area (Å²) in [5.74, 6) is -2.46. The Hall–Kier alpha value is -1.69. The number of benzene rings is 1.